The Morgan fingerprint density at radius 2 is 1.44 bits per heavy atom. The number of carbonyl (C=O) groups is 3. The van der Waals surface area contributed by atoms with Crippen molar-refractivity contribution in [2.45, 2.75) is 86.2 Å². The second-order valence-corrected chi connectivity index (χ2v) is 13.6. The third kappa shape index (κ3) is 7.16. The number of ether oxygens (including phenoxy) is 2. The molecule has 2 aromatic rings. The second kappa shape index (κ2) is 12.3. The zero-order valence-electron chi connectivity index (χ0n) is 24.2. The summed E-state index contributed by atoms with van der Waals surface area (Å²) in [5, 5.41) is 5.85. The number of nitrogen functional groups attached to an aromatic ring is 1. The van der Waals surface area contributed by atoms with Gasteiger partial charge in [0.05, 0.1) is 13.2 Å². The summed E-state index contributed by atoms with van der Waals surface area (Å²) in [6.07, 6.45) is 1.25. The molecule has 0 bridgehead atoms. The van der Waals surface area contributed by atoms with Crippen LogP contribution in [-0.2, 0) is 23.6 Å². The molecule has 0 atom stereocenters. The van der Waals surface area contributed by atoms with Gasteiger partial charge in [-0.1, -0.05) is 32.1 Å². The van der Waals surface area contributed by atoms with E-state index < -0.39 is 35.9 Å². The Labute approximate surface area is 234 Å². The van der Waals surface area contributed by atoms with Crippen LogP contribution in [-0.4, -0.2) is 47.0 Å². The number of hydrogen-bond acceptors (Lipinski definition) is 10. The maximum atomic E-state index is 14.5. The van der Waals surface area contributed by atoms with Crippen molar-refractivity contribution in [3.05, 3.63) is 17.0 Å². The monoisotopic (exact) mass is 584 g/mol. The van der Waals surface area contributed by atoms with E-state index >= 15 is 0 Å². The Morgan fingerprint density at radius 1 is 0.949 bits per heavy atom. The molecule has 0 aliphatic heterocycles. The van der Waals surface area contributed by atoms with E-state index in [-0.39, 0.29) is 41.1 Å². The molecule has 218 valence electrons. The number of aromatic nitrogens is 1. The summed E-state index contributed by atoms with van der Waals surface area (Å²) in [5.41, 5.74) is 2.65. The fraction of sp³-hybridized carbons (Fsp3) is 0.615. The fourth-order valence-electron chi connectivity index (χ4n) is 3.77. The summed E-state index contributed by atoms with van der Waals surface area (Å²) in [7, 11) is -4.05. The van der Waals surface area contributed by atoms with Crippen molar-refractivity contribution in [3.63, 3.8) is 0 Å². The Bertz CT molecular complexity index is 1210. The SMILES string of the molecule is CCOC(=O)C(C)(C)NP(=O)(NC(C)(C)C(=O)OCC)c1ccc(-c2nc(N)sc2C(=O)C(C)(CC)CC)o1. The van der Waals surface area contributed by atoms with Gasteiger partial charge in [0.25, 0.3) is 7.44 Å². The van der Waals surface area contributed by atoms with Crippen LogP contribution in [0.3, 0.4) is 0 Å². The van der Waals surface area contributed by atoms with E-state index in [9.17, 15) is 18.9 Å². The van der Waals surface area contributed by atoms with Crippen molar-refractivity contribution < 1.29 is 32.8 Å². The van der Waals surface area contributed by atoms with Crippen LogP contribution in [0.5, 0.6) is 0 Å². The number of ketones is 1. The predicted molar refractivity (Wildman–Crippen MR) is 152 cm³/mol. The van der Waals surface area contributed by atoms with E-state index in [2.05, 4.69) is 15.2 Å². The Hall–Kier alpha value is -2.53. The molecule has 0 aromatic carbocycles. The summed E-state index contributed by atoms with van der Waals surface area (Å²) in [6.45, 7) is 15.4. The van der Waals surface area contributed by atoms with Gasteiger partial charge >= 0.3 is 11.9 Å². The van der Waals surface area contributed by atoms with E-state index in [0.717, 1.165) is 11.3 Å². The highest BCUT2D eigenvalue weighted by Gasteiger charge is 2.45. The first kappa shape index (κ1) is 32.7. The number of Topliss-reactive ketones (excluding diaryl/α,β-unsaturated/α-hetero) is 1. The topological polar surface area (TPSA) is 163 Å². The lowest BCUT2D eigenvalue weighted by Gasteiger charge is -2.34. The van der Waals surface area contributed by atoms with E-state index in [1.807, 2.05) is 20.8 Å². The first-order chi connectivity index (χ1) is 18.0. The minimum atomic E-state index is -4.05. The van der Waals surface area contributed by atoms with Gasteiger partial charge < -0.3 is 19.6 Å². The summed E-state index contributed by atoms with van der Waals surface area (Å²) in [6, 6.07) is 2.97. The minimum absolute atomic E-state index is 0.0917. The number of anilines is 1. The number of thiazole rings is 1. The molecule has 4 N–H and O–H groups in total. The minimum Gasteiger partial charge on any atom is -0.465 e. The number of rotatable bonds is 14. The van der Waals surface area contributed by atoms with Crippen molar-refractivity contribution >= 4 is 47.1 Å². The molecule has 0 aliphatic rings. The normalized spacial score (nSPS) is 12.8. The maximum Gasteiger partial charge on any atom is 0.326 e. The van der Waals surface area contributed by atoms with Crippen LogP contribution in [0.15, 0.2) is 16.5 Å². The van der Waals surface area contributed by atoms with Gasteiger partial charge in [-0.3, -0.25) is 18.9 Å². The van der Waals surface area contributed by atoms with Gasteiger partial charge in [0.1, 0.15) is 21.6 Å². The zero-order valence-corrected chi connectivity index (χ0v) is 25.9. The third-order valence-electron chi connectivity index (χ3n) is 6.54. The molecule has 0 saturated heterocycles. The van der Waals surface area contributed by atoms with Crippen molar-refractivity contribution in [1.29, 1.82) is 0 Å². The molecule has 0 amide bonds. The molecule has 0 unspecified atom stereocenters. The first-order valence-corrected chi connectivity index (χ1v) is 15.5. The molecule has 0 aliphatic carbocycles. The van der Waals surface area contributed by atoms with Crippen molar-refractivity contribution in [2.24, 2.45) is 5.41 Å². The van der Waals surface area contributed by atoms with Gasteiger partial charge in [-0.25, -0.2) is 15.2 Å². The molecule has 0 fully saturated rings. The highest BCUT2D eigenvalue weighted by Crippen LogP contribution is 2.44. The summed E-state index contributed by atoms with van der Waals surface area (Å²) in [4.78, 5) is 43.5. The Balaban J connectivity index is 2.63. The fourth-order valence-corrected chi connectivity index (χ4v) is 7.24. The molecule has 11 nitrogen and oxygen atoms in total. The smallest absolute Gasteiger partial charge is 0.326 e. The Morgan fingerprint density at radius 3 is 1.87 bits per heavy atom. The number of hydrogen-bond donors (Lipinski definition) is 3. The first-order valence-electron chi connectivity index (χ1n) is 12.9. The summed E-state index contributed by atoms with van der Waals surface area (Å²) < 4.78 is 30.9. The molecule has 2 aromatic heterocycles. The molecular formula is C26H41N4O7PS. The van der Waals surface area contributed by atoms with E-state index in [4.69, 9.17) is 19.6 Å². The highest BCUT2D eigenvalue weighted by atomic mass is 32.1. The lowest BCUT2D eigenvalue weighted by molar-refractivity contribution is -0.149. The number of carbonyl (C=O) groups excluding carboxylic acids is 3. The standard InChI is InChI=1S/C26H41N4O7PS/c1-10-26(9,11-2)20(31)19-18(28-23(27)39-19)16-14-15-17(37-16)38(34,29-24(5,6)21(32)35-12-3)30-25(7,8)22(33)36-13-4/h14-15H,10-13H2,1-9H3,(H2,27,28)(H2,29,30,34). The average molecular weight is 585 g/mol. The maximum absolute atomic E-state index is 14.5. The third-order valence-corrected chi connectivity index (χ3v) is 10.0. The van der Waals surface area contributed by atoms with Crippen molar-refractivity contribution in [3.8, 4) is 11.5 Å². The molecule has 13 heteroatoms. The quantitative estimate of drug-likeness (QED) is 0.161. The number of nitrogens with two attached hydrogens (primary N) is 1. The lowest BCUT2D eigenvalue weighted by atomic mass is 9.79. The molecular weight excluding hydrogens is 543 g/mol. The molecule has 2 heterocycles. The van der Waals surface area contributed by atoms with Crippen LogP contribution in [0.25, 0.3) is 11.5 Å². The molecule has 0 saturated carbocycles. The Kier molecular flexibility index (Phi) is 10.3. The van der Waals surface area contributed by atoms with Crippen LogP contribution < -0.4 is 21.4 Å². The number of furan rings is 1. The highest BCUT2D eigenvalue weighted by molar-refractivity contribution is 7.67. The molecule has 39 heavy (non-hydrogen) atoms. The van der Waals surface area contributed by atoms with Gasteiger partial charge in [-0.05, 0) is 66.5 Å². The number of nitrogens with one attached hydrogen (secondary N) is 2. The van der Waals surface area contributed by atoms with Gasteiger partial charge in [0, 0.05) is 5.41 Å². The number of nitrogens with zero attached hydrogens (tertiary/aromatic N) is 1. The van der Waals surface area contributed by atoms with Crippen LogP contribution in [0.4, 0.5) is 5.13 Å². The van der Waals surface area contributed by atoms with Gasteiger partial charge in [-0.15, -0.1) is 0 Å². The second-order valence-electron chi connectivity index (χ2n) is 10.5. The van der Waals surface area contributed by atoms with E-state index in [1.54, 1.807) is 13.8 Å². The van der Waals surface area contributed by atoms with Crippen molar-refractivity contribution in [1.82, 2.24) is 15.2 Å². The van der Waals surface area contributed by atoms with Crippen LogP contribution in [0, 0.1) is 5.41 Å². The molecule has 0 spiro atoms. The number of esters is 2. The van der Waals surface area contributed by atoms with Gasteiger partial charge in [0.2, 0.25) is 0 Å². The van der Waals surface area contributed by atoms with Crippen molar-refractivity contribution in [2.75, 3.05) is 18.9 Å². The summed E-state index contributed by atoms with van der Waals surface area (Å²) >= 11 is 1.06. The summed E-state index contributed by atoms with van der Waals surface area (Å²) in [5.74, 6) is -1.24. The predicted octanol–water partition coefficient (Wildman–Crippen LogP) is 4.68. The van der Waals surface area contributed by atoms with Crippen LogP contribution >= 0.6 is 18.8 Å². The van der Waals surface area contributed by atoms with Gasteiger partial charge in [0.15, 0.2) is 22.2 Å². The molecule has 2 rings (SSSR count). The largest absolute Gasteiger partial charge is 0.465 e. The molecule has 0 radical (unpaired) electrons. The van der Waals surface area contributed by atoms with Crippen LogP contribution in [0.2, 0.25) is 0 Å². The van der Waals surface area contributed by atoms with E-state index in [1.165, 1.54) is 39.8 Å². The average Bonchev–Trinajstić information content (AvgIpc) is 3.50. The lowest BCUT2D eigenvalue weighted by Crippen LogP contribution is -2.55. The zero-order chi connectivity index (χ0) is 29.8. The van der Waals surface area contributed by atoms with Crippen LogP contribution in [0.1, 0.15) is 84.8 Å². The van der Waals surface area contributed by atoms with Gasteiger partial charge in [-0.2, -0.15) is 0 Å². The van der Waals surface area contributed by atoms with E-state index in [0.29, 0.717) is 17.7 Å².